The van der Waals surface area contributed by atoms with Crippen LogP contribution in [0.15, 0.2) is 52.3 Å². The van der Waals surface area contributed by atoms with Crippen LogP contribution >= 0.6 is 11.8 Å². The van der Waals surface area contributed by atoms with E-state index in [0.717, 1.165) is 31.9 Å². The van der Waals surface area contributed by atoms with Crippen LogP contribution in [-0.2, 0) is 6.54 Å². The van der Waals surface area contributed by atoms with E-state index >= 15 is 0 Å². The first-order chi connectivity index (χ1) is 12.3. The standard InChI is InChI=1S/C19H21N3S.C2H6/c1-3-21(4-2)12-13-22-15-9-7-11-17-18(15)19(20-22)14-8-5-6-10-16(14)23-17;1-2/h5-11H,3-4,12-13H2,1-2H3;1-2H3. The average Bonchev–Trinajstić information content (AvgIpc) is 3.05. The lowest BCUT2D eigenvalue weighted by Crippen LogP contribution is -2.27. The number of fused-ring (bicyclic) bond motifs is 2. The molecule has 132 valence electrons. The van der Waals surface area contributed by atoms with Gasteiger partial charge in [-0.15, -0.1) is 0 Å². The van der Waals surface area contributed by atoms with Gasteiger partial charge >= 0.3 is 0 Å². The number of rotatable bonds is 5. The molecular weight excluding hydrogens is 326 g/mol. The van der Waals surface area contributed by atoms with Crippen molar-refractivity contribution >= 4 is 22.7 Å². The summed E-state index contributed by atoms with van der Waals surface area (Å²) < 4.78 is 2.19. The van der Waals surface area contributed by atoms with Crippen LogP contribution in [0, 0.1) is 0 Å². The fraction of sp³-hybridized carbons (Fsp3) is 0.381. The fourth-order valence-electron chi connectivity index (χ4n) is 3.29. The minimum Gasteiger partial charge on any atom is -0.302 e. The van der Waals surface area contributed by atoms with Gasteiger partial charge in [-0.1, -0.05) is 63.7 Å². The summed E-state index contributed by atoms with van der Waals surface area (Å²) in [7, 11) is 0. The molecule has 2 aromatic carbocycles. The van der Waals surface area contributed by atoms with Gasteiger partial charge in [0.15, 0.2) is 0 Å². The predicted molar refractivity (Wildman–Crippen MR) is 108 cm³/mol. The second-order valence-electron chi connectivity index (χ2n) is 5.85. The molecule has 0 amide bonds. The maximum Gasteiger partial charge on any atom is 0.102 e. The molecular formula is C21H27N3S. The van der Waals surface area contributed by atoms with E-state index in [1.807, 2.05) is 25.6 Å². The van der Waals surface area contributed by atoms with Crippen molar-refractivity contribution in [2.45, 2.75) is 44.0 Å². The third kappa shape index (κ3) is 3.33. The molecule has 1 aliphatic heterocycles. The maximum atomic E-state index is 4.98. The Hall–Kier alpha value is -1.78. The van der Waals surface area contributed by atoms with Crippen LogP contribution < -0.4 is 0 Å². The summed E-state index contributed by atoms with van der Waals surface area (Å²) in [6.07, 6.45) is 0. The summed E-state index contributed by atoms with van der Waals surface area (Å²) in [4.78, 5) is 5.08. The van der Waals surface area contributed by atoms with E-state index in [9.17, 15) is 0 Å². The first-order valence-corrected chi connectivity index (χ1v) is 10.1. The first kappa shape index (κ1) is 18.0. The topological polar surface area (TPSA) is 21.1 Å². The average molecular weight is 354 g/mol. The van der Waals surface area contributed by atoms with Gasteiger partial charge in [-0.2, -0.15) is 5.10 Å². The van der Waals surface area contributed by atoms with E-state index in [1.165, 1.54) is 26.3 Å². The molecule has 2 heterocycles. The highest BCUT2D eigenvalue weighted by atomic mass is 32.2. The van der Waals surface area contributed by atoms with Crippen LogP contribution in [0.25, 0.3) is 22.2 Å². The smallest absolute Gasteiger partial charge is 0.102 e. The molecule has 1 aromatic heterocycles. The molecule has 0 aliphatic carbocycles. The summed E-state index contributed by atoms with van der Waals surface area (Å²) in [5.74, 6) is 0. The summed E-state index contributed by atoms with van der Waals surface area (Å²) in [6.45, 7) is 12.6. The Morgan fingerprint density at radius 1 is 0.960 bits per heavy atom. The number of hydrogen-bond donors (Lipinski definition) is 0. The molecule has 0 saturated heterocycles. The monoisotopic (exact) mass is 353 g/mol. The van der Waals surface area contributed by atoms with Gasteiger partial charge in [0.1, 0.15) is 5.69 Å². The number of hydrogen-bond acceptors (Lipinski definition) is 3. The summed E-state index contributed by atoms with van der Waals surface area (Å²) in [5, 5.41) is 6.29. The number of likely N-dealkylation sites (N-methyl/N-ethyl adjacent to an activating group) is 1. The third-order valence-corrected chi connectivity index (χ3v) is 5.76. The molecule has 4 heteroatoms. The third-order valence-electron chi connectivity index (χ3n) is 4.62. The van der Waals surface area contributed by atoms with Crippen molar-refractivity contribution in [3.63, 3.8) is 0 Å². The number of aromatic nitrogens is 2. The van der Waals surface area contributed by atoms with E-state index in [2.05, 4.69) is 65.9 Å². The molecule has 4 rings (SSSR count). The molecule has 0 bridgehead atoms. The first-order valence-electron chi connectivity index (χ1n) is 9.31. The highest BCUT2D eigenvalue weighted by Crippen LogP contribution is 2.47. The molecule has 0 fully saturated rings. The molecule has 3 nitrogen and oxygen atoms in total. The summed E-state index contributed by atoms with van der Waals surface area (Å²) in [5.41, 5.74) is 3.67. The highest BCUT2D eigenvalue weighted by molar-refractivity contribution is 7.99. The molecule has 3 aromatic rings. The Labute approximate surface area is 155 Å². The van der Waals surface area contributed by atoms with Crippen molar-refractivity contribution < 1.29 is 0 Å². The molecule has 0 spiro atoms. The van der Waals surface area contributed by atoms with Crippen LogP contribution in [0.3, 0.4) is 0 Å². The molecule has 0 saturated carbocycles. The second-order valence-corrected chi connectivity index (χ2v) is 6.93. The minimum atomic E-state index is 0.939. The van der Waals surface area contributed by atoms with Gasteiger partial charge < -0.3 is 4.90 Å². The Morgan fingerprint density at radius 3 is 2.44 bits per heavy atom. The van der Waals surface area contributed by atoms with Crippen molar-refractivity contribution in [1.82, 2.24) is 14.7 Å². The molecule has 1 aliphatic rings. The zero-order chi connectivity index (χ0) is 17.8. The van der Waals surface area contributed by atoms with E-state index in [0.29, 0.717) is 0 Å². The van der Waals surface area contributed by atoms with Gasteiger partial charge in [0.25, 0.3) is 0 Å². The lowest BCUT2D eigenvalue weighted by molar-refractivity contribution is 0.287. The Kier molecular flexibility index (Phi) is 5.82. The number of benzene rings is 2. The Morgan fingerprint density at radius 2 is 1.68 bits per heavy atom. The normalized spacial score (nSPS) is 12.0. The van der Waals surface area contributed by atoms with Crippen LogP contribution in [0.4, 0.5) is 0 Å². The lowest BCUT2D eigenvalue weighted by Gasteiger charge is -2.17. The zero-order valence-corrected chi connectivity index (χ0v) is 16.4. The van der Waals surface area contributed by atoms with Gasteiger partial charge in [0.2, 0.25) is 0 Å². The van der Waals surface area contributed by atoms with Crippen LogP contribution in [0.5, 0.6) is 0 Å². The predicted octanol–water partition coefficient (Wildman–Crippen LogP) is 5.54. The van der Waals surface area contributed by atoms with Gasteiger partial charge in [-0.25, -0.2) is 0 Å². The molecule has 0 N–H and O–H groups in total. The SMILES string of the molecule is CC.CCN(CC)CCn1nc2c3c(cccc31)Sc1ccccc1-2. The summed E-state index contributed by atoms with van der Waals surface area (Å²) >= 11 is 1.86. The van der Waals surface area contributed by atoms with Crippen molar-refractivity contribution in [3.05, 3.63) is 42.5 Å². The highest BCUT2D eigenvalue weighted by Gasteiger charge is 2.23. The zero-order valence-electron chi connectivity index (χ0n) is 15.6. The fourth-order valence-corrected chi connectivity index (χ4v) is 4.40. The molecule has 25 heavy (non-hydrogen) atoms. The van der Waals surface area contributed by atoms with Crippen molar-refractivity contribution in [3.8, 4) is 11.3 Å². The largest absolute Gasteiger partial charge is 0.302 e. The van der Waals surface area contributed by atoms with E-state index in [4.69, 9.17) is 5.10 Å². The Bertz CT molecular complexity index is 849. The van der Waals surface area contributed by atoms with Gasteiger partial charge in [-0.05, 0) is 31.3 Å². The molecule has 0 unspecified atom stereocenters. The van der Waals surface area contributed by atoms with Crippen molar-refractivity contribution in [2.24, 2.45) is 0 Å². The second kappa shape index (κ2) is 8.07. The molecule has 0 radical (unpaired) electrons. The van der Waals surface area contributed by atoms with Crippen molar-refractivity contribution in [1.29, 1.82) is 0 Å². The number of nitrogens with zero attached hydrogens (tertiary/aromatic N) is 3. The van der Waals surface area contributed by atoms with Crippen molar-refractivity contribution in [2.75, 3.05) is 19.6 Å². The minimum absolute atomic E-state index is 0.939. The molecule has 0 atom stereocenters. The van der Waals surface area contributed by atoms with Gasteiger partial charge in [0.05, 0.1) is 12.1 Å². The van der Waals surface area contributed by atoms with Crippen LogP contribution in [0.2, 0.25) is 0 Å². The van der Waals surface area contributed by atoms with Crippen LogP contribution in [-0.4, -0.2) is 34.3 Å². The van der Waals surface area contributed by atoms with E-state index in [-0.39, 0.29) is 0 Å². The van der Waals surface area contributed by atoms with E-state index in [1.54, 1.807) is 0 Å². The van der Waals surface area contributed by atoms with Crippen LogP contribution in [0.1, 0.15) is 27.7 Å². The van der Waals surface area contributed by atoms with E-state index < -0.39 is 0 Å². The maximum absolute atomic E-state index is 4.98. The van der Waals surface area contributed by atoms with Gasteiger partial charge in [-0.3, -0.25) is 4.68 Å². The Balaban J connectivity index is 0.000000880. The quantitative estimate of drug-likeness (QED) is 0.470. The van der Waals surface area contributed by atoms with Gasteiger partial charge in [0, 0.05) is 27.3 Å². The summed E-state index contributed by atoms with van der Waals surface area (Å²) in [6, 6.07) is 15.2. The lowest BCUT2D eigenvalue weighted by atomic mass is 10.1.